The molecule has 0 aromatic rings. The molecule has 682 valence electrons. The quantitative estimate of drug-likeness (QED) is 0.00889. The molecule has 0 spiro atoms. The van der Waals surface area contributed by atoms with Gasteiger partial charge in [-0.1, -0.05) is 342 Å². The fraction of sp³-hybridized carbons (Fsp3) is 0.933. The van der Waals surface area contributed by atoms with E-state index in [9.17, 15) is 74.6 Å². The third-order valence-corrected chi connectivity index (χ3v) is 24.0. The molecule has 3 fully saturated rings. The van der Waals surface area contributed by atoms with Gasteiger partial charge in [0.25, 0.3) is 0 Å². The minimum Gasteiger partial charge on any atom is -0.463 e. The molecule has 2 aliphatic heterocycles. The fourth-order valence-electron chi connectivity index (χ4n) is 15.5. The van der Waals surface area contributed by atoms with Gasteiger partial charge in [0.2, 0.25) is 0 Å². The van der Waals surface area contributed by atoms with Crippen molar-refractivity contribution < 1.29 is 122 Å². The van der Waals surface area contributed by atoms with Crippen LogP contribution in [0.1, 0.15) is 407 Å². The summed E-state index contributed by atoms with van der Waals surface area (Å²) in [6, 6.07) is 0. The topological polar surface area (TPSA) is 380 Å². The Morgan fingerprint density at radius 2 is 0.647 bits per heavy atom. The molecule has 116 heavy (non-hydrogen) atoms. The summed E-state index contributed by atoms with van der Waals surface area (Å²) in [5.41, 5.74) is 0. The standard InChI is InChI=1S/C90H167O25P/c1-5-9-13-17-21-25-29-33-35-37-41-43-47-51-55-59-63-74(93)107-69-72-78(97)80(99)84(103)90(111-72)114-87-85(112-76(95)65-61-57-53-49-45-39-32-28-24-20-16-12-8-4)81(100)82(101)86(113-89-83(102)79(98)77(96)71(66-91)110-89)88(87)115-116(104,105)108-68-70(109-75(94)64-60-56-52-48-44-38-31-27-23-19-15-11-7-3)67-106-73(92)62-58-54-50-46-42-40-36-34-30-26-22-18-14-10-6-2/h38,44,70-72,77-91,96-103H,5-37,39-43,45-69H2,1-4H3,(H,104,105)/b44-38-. The van der Waals surface area contributed by atoms with Crippen LogP contribution < -0.4 is 0 Å². The van der Waals surface area contributed by atoms with Gasteiger partial charge in [-0.3, -0.25) is 28.2 Å². The van der Waals surface area contributed by atoms with Crippen molar-refractivity contribution in [3.8, 4) is 0 Å². The molecule has 0 radical (unpaired) electrons. The minimum absolute atomic E-state index is 0.0186. The predicted octanol–water partition coefficient (Wildman–Crippen LogP) is 17.2. The highest BCUT2D eigenvalue weighted by Gasteiger charge is 2.60. The van der Waals surface area contributed by atoms with Crippen LogP contribution in [0.2, 0.25) is 0 Å². The van der Waals surface area contributed by atoms with Gasteiger partial charge < -0.3 is 88.7 Å². The molecule has 10 N–H and O–H groups in total. The number of hydrogen-bond donors (Lipinski definition) is 10. The summed E-state index contributed by atoms with van der Waals surface area (Å²) in [7, 11) is -5.81. The second kappa shape index (κ2) is 69.6. The molecule has 1 saturated carbocycles. The average Bonchev–Trinajstić information content (AvgIpc) is 0.754. The highest BCUT2D eigenvalue weighted by molar-refractivity contribution is 7.47. The Morgan fingerprint density at radius 1 is 0.336 bits per heavy atom. The van der Waals surface area contributed by atoms with E-state index in [0.29, 0.717) is 38.5 Å². The lowest BCUT2D eigenvalue weighted by molar-refractivity contribution is -0.360. The predicted molar refractivity (Wildman–Crippen MR) is 449 cm³/mol. The van der Waals surface area contributed by atoms with Gasteiger partial charge in [-0.15, -0.1) is 0 Å². The largest absolute Gasteiger partial charge is 0.472 e. The number of phosphoric acid groups is 1. The van der Waals surface area contributed by atoms with Crippen molar-refractivity contribution in [2.24, 2.45) is 0 Å². The molecule has 3 rings (SSSR count). The average molecular weight is 1680 g/mol. The van der Waals surface area contributed by atoms with Gasteiger partial charge in [0.05, 0.1) is 13.2 Å². The molecular formula is C90H167O25P. The van der Waals surface area contributed by atoms with Gasteiger partial charge in [-0.05, 0) is 51.4 Å². The number of rotatable bonds is 76. The number of unbranched alkanes of at least 4 members (excludes halogenated alkanes) is 50. The number of carbonyl (C=O) groups is 4. The summed E-state index contributed by atoms with van der Waals surface area (Å²) in [5, 5.41) is 102. The Kier molecular flexibility index (Phi) is 64.4. The van der Waals surface area contributed by atoms with Crippen molar-refractivity contribution in [2.45, 2.75) is 511 Å². The Hall–Kier alpha value is -2.79. The first-order valence-electron chi connectivity index (χ1n) is 46.9. The maximum Gasteiger partial charge on any atom is 0.472 e. The van der Waals surface area contributed by atoms with Gasteiger partial charge >= 0.3 is 31.7 Å². The molecule has 1 aliphatic carbocycles. The van der Waals surface area contributed by atoms with E-state index >= 15 is 0 Å². The van der Waals surface area contributed by atoms with Crippen LogP contribution in [0.4, 0.5) is 0 Å². The van der Waals surface area contributed by atoms with E-state index in [-0.39, 0.29) is 25.7 Å². The third kappa shape index (κ3) is 49.5. The lowest BCUT2D eigenvalue weighted by Crippen LogP contribution is -2.70. The molecule has 0 aromatic carbocycles. The summed E-state index contributed by atoms with van der Waals surface area (Å²) < 4.78 is 73.4. The molecule has 2 heterocycles. The van der Waals surface area contributed by atoms with Crippen LogP contribution in [0.5, 0.6) is 0 Å². The van der Waals surface area contributed by atoms with Crippen molar-refractivity contribution in [2.75, 3.05) is 26.4 Å². The maximum atomic E-state index is 14.9. The van der Waals surface area contributed by atoms with Crippen molar-refractivity contribution in [1.29, 1.82) is 0 Å². The second-order valence-corrected chi connectivity index (χ2v) is 34.9. The second-order valence-electron chi connectivity index (χ2n) is 33.5. The summed E-state index contributed by atoms with van der Waals surface area (Å²) in [6.07, 6.45) is 27.8. The van der Waals surface area contributed by atoms with E-state index in [1.165, 1.54) is 193 Å². The number of esters is 4. The molecule has 25 nitrogen and oxygen atoms in total. The minimum atomic E-state index is -5.81. The zero-order chi connectivity index (χ0) is 84.7. The van der Waals surface area contributed by atoms with E-state index in [4.69, 9.17) is 46.9 Å². The maximum absolute atomic E-state index is 14.9. The fourth-order valence-corrected chi connectivity index (χ4v) is 16.5. The number of aliphatic hydroxyl groups is 9. The highest BCUT2D eigenvalue weighted by atomic mass is 31.2. The van der Waals surface area contributed by atoms with Crippen molar-refractivity contribution in [3.05, 3.63) is 12.2 Å². The summed E-state index contributed by atoms with van der Waals surface area (Å²) in [6.45, 7) is 5.59. The van der Waals surface area contributed by atoms with Gasteiger partial charge in [0.15, 0.2) is 24.8 Å². The van der Waals surface area contributed by atoms with Gasteiger partial charge in [0, 0.05) is 25.7 Å². The SMILES string of the molecule is CCCCCCCC/C=C\CCCCCC(=O)OC(COC(=O)CCCCCCCCCCCCCCCCC)COP(=O)(O)OC1C(OC2OC(CO)C(O)C(O)C2O)C(O)C(O)C(OC(=O)CCCCCCCCCCCCCCC)C1OC1OC(COC(=O)CCCCCCCCCCCCCCCCCC)C(O)C(O)C1O. The van der Waals surface area contributed by atoms with Crippen LogP contribution >= 0.6 is 7.82 Å². The van der Waals surface area contributed by atoms with Crippen LogP contribution in [0.15, 0.2) is 12.2 Å². The van der Waals surface area contributed by atoms with Crippen molar-refractivity contribution in [3.63, 3.8) is 0 Å². The molecule has 0 aromatic heterocycles. The number of phosphoric ester groups is 1. The number of ether oxygens (including phenoxy) is 8. The molecule has 0 bridgehead atoms. The number of carbonyl (C=O) groups excluding carboxylic acids is 4. The van der Waals surface area contributed by atoms with E-state index in [1.54, 1.807) is 0 Å². The van der Waals surface area contributed by atoms with Crippen LogP contribution in [-0.2, 0) is 70.7 Å². The molecule has 0 amide bonds. The molecule has 3 aliphatic rings. The Bertz CT molecular complexity index is 2460. The van der Waals surface area contributed by atoms with Crippen LogP contribution in [0.3, 0.4) is 0 Å². The molecule has 26 heteroatoms. The first-order valence-corrected chi connectivity index (χ1v) is 48.4. The Balaban J connectivity index is 1.91. The third-order valence-electron chi connectivity index (χ3n) is 23.0. The first-order chi connectivity index (χ1) is 56.2. The smallest absolute Gasteiger partial charge is 0.463 e. The Labute approximate surface area is 699 Å². The lowest BCUT2D eigenvalue weighted by atomic mass is 9.84. The van der Waals surface area contributed by atoms with Crippen molar-refractivity contribution in [1.82, 2.24) is 0 Å². The van der Waals surface area contributed by atoms with Crippen LogP contribution in [-0.4, -0.2) is 205 Å². The normalized spacial score (nSPS) is 25.2. The van der Waals surface area contributed by atoms with Crippen molar-refractivity contribution >= 4 is 31.7 Å². The monoisotopic (exact) mass is 1680 g/mol. The van der Waals surface area contributed by atoms with Gasteiger partial charge in [0.1, 0.15) is 92.6 Å². The van der Waals surface area contributed by atoms with E-state index < -0.39 is 162 Å². The molecule has 18 unspecified atom stereocenters. The Morgan fingerprint density at radius 3 is 1.03 bits per heavy atom. The zero-order valence-corrected chi connectivity index (χ0v) is 73.5. The molecule has 2 saturated heterocycles. The molecular weight excluding hydrogens is 1510 g/mol. The highest BCUT2D eigenvalue weighted by Crippen LogP contribution is 2.49. The van der Waals surface area contributed by atoms with Gasteiger partial charge in [-0.2, -0.15) is 0 Å². The van der Waals surface area contributed by atoms with Crippen LogP contribution in [0, 0.1) is 0 Å². The van der Waals surface area contributed by atoms with Gasteiger partial charge in [-0.25, -0.2) is 4.57 Å². The number of hydrogen-bond acceptors (Lipinski definition) is 24. The van der Waals surface area contributed by atoms with Crippen LogP contribution in [0.25, 0.3) is 0 Å². The number of allylic oxidation sites excluding steroid dienone is 2. The molecule has 18 atom stereocenters. The van der Waals surface area contributed by atoms with E-state index in [0.717, 1.165) is 122 Å². The lowest BCUT2D eigenvalue weighted by Gasteiger charge is -2.50. The number of aliphatic hydroxyl groups excluding tert-OH is 9. The zero-order valence-electron chi connectivity index (χ0n) is 72.6. The summed E-state index contributed by atoms with van der Waals surface area (Å²) in [5.74, 6) is -2.97. The first kappa shape index (κ1) is 107. The van der Waals surface area contributed by atoms with E-state index in [1.807, 2.05) is 0 Å². The summed E-state index contributed by atoms with van der Waals surface area (Å²) in [4.78, 5) is 66.4. The van der Waals surface area contributed by atoms with E-state index in [2.05, 4.69) is 39.8 Å². The summed E-state index contributed by atoms with van der Waals surface area (Å²) >= 11 is 0.